The smallest absolute Gasteiger partial charge is 0.387 e. The molecular formula is C21H25ClF2N2O3. The molecule has 158 valence electrons. The summed E-state index contributed by atoms with van der Waals surface area (Å²) in [4.78, 5) is 17.0. The van der Waals surface area contributed by atoms with E-state index < -0.39 is 17.9 Å². The van der Waals surface area contributed by atoms with Crippen LogP contribution >= 0.6 is 11.6 Å². The summed E-state index contributed by atoms with van der Waals surface area (Å²) in [6, 6.07) is 8.82. The summed E-state index contributed by atoms with van der Waals surface area (Å²) >= 11 is 5.80. The number of nitrogens with zero attached hydrogens (tertiary/aromatic N) is 1. The van der Waals surface area contributed by atoms with E-state index in [9.17, 15) is 13.6 Å². The molecule has 29 heavy (non-hydrogen) atoms. The number of hydrogen-bond donors (Lipinski definition) is 1. The molecule has 0 spiro atoms. The average Bonchev–Trinajstić information content (AvgIpc) is 2.64. The number of hydrogen-bond acceptors (Lipinski definition) is 4. The second-order valence-electron chi connectivity index (χ2n) is 6.65. The van der Waals surface area contributed by atoms with Crippen molar-refractivity contribution < 1.29 is 23.0 Å². The van der Waals surface area contributed by atoms with Gasteiger partial charge in [-0.25, -0.2) is 4.98 Å². The molecule has 0 unspecified atom stereocenters. The first-order valence-electron chi connectivity index (χ1n) is 9.42. The van der Waals surface area contributed by atoms with Crippen LogP contribution in [0.4, 0.5) is 14.6 Å². The van der Waals surface area contributed by atoms with Crippen LogP contribution in [0.15, 0.2) is 36.5 Å². The Balaban J connectivity index is 0.00000145. The molecule has 1 aromatic carbocycles. The summed E-state index contributed by atoms with van der Waals surface area (Å²) in [6.07, 6.45) is 1.25. The van der Waals surface area contributed by atoms with Gasteiger partial charge in [-0.2, -0.15) is 8.78 Å². The highest BCUT2D eigenvalue weighted by Crippen LogP contribution is 2.39. The zero-order chi connectivity index (χ0) is 21.6. The maximum atomic E-state index is 13.1. The van der Waals surface area contributed by atoms with Gasteiger partial charge in [-0.15, -0.1) is 0 Å². The van der Waals surface area contributed by atoms with Crippen LogP contribution in [0.3, 0.4) is 0 Å². The molecule has 0 saturated carbocycles. The van der Waals surface area contributed by atoms with Crippen molar-refractivity contribution in [2.75, 3.05) is 18.5 Å². The van der Waals surface area contributed by atoms with Crippen molar-refractivity contribution in [3.63, 3.8) is 0 Å². The van der Waals surface area contributed by atoms with Crippen molar-refractivity contribution in [3.8, 4) is 5.75 Å². The van der Waals surface area contributed by atoms with Gasteiger partial charge in [0.25, 0.3) is 0 Å². The molecule has 1 amide bonds. The van der Waals surface area contributed by atoms with Crippen LogP contribution in [0.25, 0.3) is 0 Å². The Labute approximate surface area is 174 Å². The van der Waals surface area contributed by atoms with E-state index in [4.69, 9.17) is 16.3 Å². The molecule has 1 N–H and O–H groups in total. The van der Waals surface area contributed by atoms with Crippen LogP contribution in [0, 0.1) is 0 Å². The largest absolute Gasteiger partial charge is 0.431 e. The molecule has 1 fully saturated rings. The molecule has 2 heterocycles. The third kappa shape index (κ3) is 5.03. The number of carbonyl (C=O) groups excluding carboxylic acids is 1. The number of ether oxygens (including phenoxy) is 2. The Bertz CT molecular complexity index is 842. The molecule has 0 aliphatic carbocycles. The summed E-state index contributed by atoms with van der Waals surface area (Å²) in [5.74, 6) is -0.593. The highest BCUT2D eigenvalue weighted by Gasteiger charge is 2.49. The van der Waals surface area contributed by atoms with E-state index in [1.54, 1.807) is 0 Å². The molecule has 3 rings (SSSR count). The van der Waals surface area contributed by atoms with E-state index in [1.165, 1.54) is 12.3 Å². The molecule has 2 aromatic rings. The molecule has 8 heteroatoms. The van der Waals surface area contributed by atoms with E-state index in [2.05, 4.69) is 15.0 Å². The molecule has 0 atom stereocenters. The molecule has 1 aromatic heterocycles. The summed E-state index contributed by atoms with van der Waals surface area (Å²) in [5.41, 5.74) is 0.975. The lowest BCUT2D eigenvalue weighted by Crippen LogP contribution is -2.56. The first-order valence-corrected chi connectivity index (χ1v) is 9.80. The van der Waals surface area contributed by atoms with Crippen molar-refractivity contribution in [2.24, 2.45) is 0 Å². The number of aromatic nitrogens is 1. The Morgan fingerprint density at radius 2 is 1.93 bits per heavy atom. The van der Waals surface area contributed by atoms with Gasteiger partial charge in [0, 0.05) is 12.3 Å². The number of nitrogens with one attached hydrogen (secondary N) is 1. The van der Waals surface area contributed by atoms with Gasteiger partial charge < -0.3 is 14.8 Å². The van der Waals surface area contributed by atoms with Gasteiger partial charge >= 0.3 is 6.61 Å². The van der Waals surface area contributed by atoms with E-state index in [0.717, 1.165) is 11.1 Å². The quantitative estimate of drug-likeness (QED) is 0.672. The first-order chi connectivity index (χ1) is 13.8. The Morgan fingerprint density at radius 1 is 1.28 bits per heavy atom. The lowest BCUT2D eigenvalue weighted by Gasteiger charge is -2.41. The number of amides is 1. The predicted octanol–water partition coefficient (Wildman–Crippen LogP) is 5.39. The van der Waals surface area contributed by atoms with Crippen molar-refractivity contribution in [1.29, 1.82) is 0 Å². The second-order valence-corrected chi connectivity index (χ2v) is 7.09. The highest BCUT2D eigenvalue weighted by atomic mass is 35.5. The minimum atomic E-state index is -3.07. The number of pyridine rings is 1. The van der Waals surface area contributed by atoms with Crippen molar-refractivity contribution in [3.05, 3.63) is 52.7 Å². The maximum absolute atomic E-state index is 13.1. The zero-order valence-electron chi connectivity index (χ0n) is 16.8. The minimum absolute atomic E-state index is 0.113. The van der Waals surface area contributed by atoms with Crippen molar-refractivity contribution in [1.82, 2.24) is 4.98 Å². The number of rotatable bonds is 6. The second kappa shape index (κ2) is 9.98. The summed E-state index contributed by atoms with van der Waals surface area (Å²) in [7, 11) is 0. The van der Waals surface area contributed by atoms with Crippen LogP contribution in [-0.2, 0) is 14.9 Å². The van der Waals surface area contributed by atoms with E-state index in [1.807, 2.05) is 52.0 Å². The monoisotopic (exact) mass is 426 g/mol. The average molecular weight is 427 g/mol. The fourth-order valence-corrected chi connectivity index (χ4v) is 3.23. The van der Waals surface area contributed by atoms with E-state index in [0.29, 0.717) is 0 Å². The maximum Gasteiger partial charge on any atom is 0.387 e. The predicted molar refractivity (Wildman–Crippen MR) is 109 cm³/mol. The number of carbonyl (C=O) groups is 1. The van der Waals surface area contributed by atoms with Crippen LogP contribution in [0.2, 0.25) is 5.02 Å². The standard InChI is InChI=1S/C19H19ClF2N2O3.C2H6/c1-11(2)13-5-3-4-6-14(13)19(9-26-10-19)17(25)24-16-15(27-18(21)22)7-12(20)8-23-16;1-2/h3-8,11,18H,9-10H2,1-2H3,(H,23,24,25);1-2H3. The first kappa shape index (κ1) is 23.0. The van der Waals surface area contributed by atoms with Gasteiger partial charge in [0.15, 0.2) is 11.6 Å². The molecule has 0 bridgehead atoms. The van der Waals surface area contributed by atoms with Crippen LogP contribution in [0.5, 0.6) is 5.75 Å². The lowest BCUT2D eigenvalue weighted by atomic mass is 9.74. The van der Waals surface area contributed by atoms with Gasteiger partial charge in [0.2, 0.25) is 5.91 Å². The van der Waals surface area contributed by atoms with Gasteiger partial charge in [0.05, 0.1) is 18.2 Å². The Kier molecular flexibility index (Phi) is 7.93. The highest BCUT2D eigenvalue weighted by molar-refractivity contribution is 6.30. The molecule has 0 radical (unpaired) electrons. The molecule has 1 aliphatic heterocycles. The van der Waals surface area contributed by atoms with Gasteiger partial charge in [-0.05, 0) is 17.0 Å². The van der Waals surface area contributed by atoms with Crippen LogP contribution in [0.1, 0.15) is 44.7 Å². The van der Waals surface area contributed by atoms with Gasteiger partial charge in [-0.1, -0.05) is 63.6 Å². The zero-order valence-corrected chi connectivity index (χ0v) is 17.6. The SMILES string of the molecule is CC.CC(C)c1ccccc1C1(C(=O)Nc2ncc(Cl)cc2OC(F)F)COC1. The summed E-state index contributed by atoms with van der Waals surface area (Å²) in [6.45, 7) is 5.41. The van der Waals surface area contributed by atoms with Crippen molar-refractivity contribution in [2.45, 2.75) is 45.6 Å². The topological polar surface area (TPSA) is 60.5 Å². The number of halogens is 3. The van der Waals surface area contributed by atoms with Crippen LogP contribution in [-0.4, -0.2) is 30.7 Å². The fraction of sp³-hybridized carbons (Fsp3) is 0.429. The molecular weight excluding hydrogens is 402 g/mol. The molecule has 1 saturated heterocycles. The Morgan fingerprint density at radius 3 is 2.48 bits per heavy atom. The summed E-state index contributed by atoms with van der Waals surface area (Å²) in [5, 5.41) is 2.72. The van der Waals surface area contributed by atoms with Crippen LogP contribution < -0.4 is 10.1 Å². The molecule has 5 nitrogen and oxygen atoms in total. The molecule has 1 aliphatic rings. The van der Waals surface area contributed by atoms with E-state index in [-0.39, 0.29) is 35.7 Å². The third-order valence-electron chi connectivity index (χ3n) is 4.50. The van der Waals surface area contributed by atoms with E-state index >= 15 is 0 Å². The summed E-state index contributed by atoms with van der Waals surface area (Å²) < 4.78 is 35.1. The normalized spacial score (nSPS) is 14.7. The third-order valence-corrected chi connectivity index (χ3v) is 4.70. The lowest BCUT2D eigenvalue weighted by molar-refractivity contribution is -0.139. The van der Waals surface area contributed by atoms with Gasteiger partial charge in [-0.3, -0.25) is 4.79 Å². The van der Waals surface area contributed by atoms with Gasteiger partial charge in [0.1, 0.15) is 5.41 Å². The minimum Gasteiger partial charge on any atom is -0.431 e. The number of alkyl halides is 2. The number of anilines is 1. The Hall–Kier alpha value is -2.25. The van der Waals surface area contributed by atoms with Crippen molar-refractivity contribution >= 4 is 23.3 Å². The number of benzene rings is 1. The fourth-order valence-electron chi connectivity index (χ4n) is 3.08.